The van der Waals surface area contributed by atoms with Gasteiger partial charge in [0, 0.05) is 6.04 Å². The Labute approximate surface area is 108 Å². The molecule has 1 atom stereocenters. The summed E-state index contributed by atoms with van der Waals surface area (Å²) in [6, 6.07) is 5.19. The first-order valence-corrected chi connectivity index (χ1v) is 6.91. The van der Waals surface area contributed by atoms with E-state index >= 15 is 0 Å². The standard InChI is InChI=1S/C15H21FN2/c1-2-18-7-5-15(6-8-18)10-11-9-12(16)3-4-13(11)14(15)17/h3-4,9,14H,2,5-8,10,17H2,1H3/t14-/m1/s1. The summed E-state index contributed by atoms with van der Waals surface area (Å²) in [7, 11) is 0. The lowest BCUT2D eigenvalue weighted by Crippen LogP contribution is -2.44. The van der Waals surface area contributed by atoms with E-state index in [0.29, 0.717) is 0 Å². The maximum atomic E-state index is 13.3. The number of halogens is 1. The number of piperidine rings is 1. The second-order valence-electron chi connectivity index (χ2n) is 5.79. The molecule has 2 N–H and O–H groups in total. The van der Waals surface area contributed by atoms with Crippen molar-refractivity contribution in [3.63, 3.8) is 0 Å². The average molecular weight is 248 g/mol. The van der Waals surface area contributed by atoms with Crippen molar-refractivity contribution >= 4 is 0 Å². The lowest BCUT2D eigenvalue weighted by atomic mass is 9.73. The molecule has 1 spiro atoms. The minimum Gasteiger partial charge on any atom is -0.323 e. The maximum absolute atomic E-state index is 13.3. The predicted molar refractivity (Wildman–Crippen MR) is 70.8 cm³/mol. The first kappa shape index (κ1) is 12.1. The van der Waals surface area contributed by atoms with Crippen molar-refractivity contribution in [2.45, 2.75) is 32.2 Å². The van der Waals surface area contributed by atoms with Gasteiger partial charge >= 0.3 is 0 Å². The topological polar surface area (TPSA) is 29.3 Å². The van der Waals surface area contributed by atoms with E-state index in [0.717, 1.165) is 44.5 Å². The fraction of sp³-hybridized carbons (Fsp3) is 0.600. The van der Waals surface area contributed by atoms with Gasteiger partial charge in [-0.25, -0.2) is 4.39 Å². The van der Waals surface area contributed by atoms with E-state index in [-0.39, 0.29) is 17.3 Å². The van der Waals surface area contributed by atoms with Crippen molar-refractivity contribution in [3.8, 4) is 0 Å². The SMILES string of the molecule is CCN1CCC2(CC1)Cc1cc(F)ccc1[C@H]2N. The molecule has 1 fully saturated rings. The number of hydrogen-bond donors (Lipinski definition) is 1. The highest BCUT2D eigenvalue weighted by atomic mass is 19.1. The number of likely N-dealkylation sites (tertiary alicyclic amines) is 1. The van der Waals surface area contributed by atoms with E-state index in [9.17, 15) is 4.39 Å². The molecule has 1 aromatic rings. The fourth-order valence-corrected chi connectivity index (χ4v) is 3.65. The third-order valence-electron chi connectivity index (χ3n) is 4.94. The molecule has 3 rings (SSSR count). The first-order valence-electron chi connectivity index (χ1n) is 6.91. The fourth-order valence-electron chi connectivity index (χ4n) is 3.65. The monoisotopic (exact) mass is 248 g/mol. The Morgan fingerprint density at radius 2 is 2.11 bits per heavy atom. The zero-order valence-electron chi connectivity index (χ0n) is 11.0. The Kier molecular flexibility index (Phi) is 2.91. The molecule has 2 aliphatic rings. The predicted octanol–water partition coefficient (Wildman–Crippen LogP) is 2.48. The number of benzene rings is 1. The highest BCUT2D eigenvalue weighted by molar-refractivity contribution is 5.38. The third-order valence-corrected chi connectivity index (χ3v) is 4.94. The van der Waals surface area contributed by atoms with E-state index in [1.165, 1.54) is 5.56 Å². The molecule has 0 unspecified atom stereocenters. The van der Waals surface area contributed by atoms with Crippen LogP contribution in [0.2, 0.25) is 0 Å². The molecule has 3 heteroatoms. The van der Waals surface area contributed by atoms with Crippen LogP contribution in [0, 0.1) is 11.2 Å². The molecule has 0 amide bonds. The number of nitrogens with zero attached hydrogens (tertiary/aromatic N) is 1. The molecule has 0 saturated carbocycles. The van der Waals surface area contributed by atoms with E-state index < -0.39 is 0 Å². The summed E-state index contributed by atoms with van der Waals surface area (Å²) in [5, 5.41) is 0. The number of rotatable bonds is 1. The van der Waals surface area contributed by atoms with Gasteiger partial charge in [-0.3, -0.25) is 0 Å². The summed E-state index contributed by atoms with van der Waals surface area (Å²) < 4.78 is 13.3. The summed E-state index contributed by atoms with van der Waals surface area (Å²) >= 11 is 0. The quantitative estimate of drug-likeness (QED) is 0.827. The summed E-state index contributed by atoms with van der Waals surface area (Å²) in [4.78, 5) is 2.47. The van der Waals surface area contributed by atoms with Crippen LogP contribution in [0.4, 0.5) is 4.39 Å². The van der Waals surface area contributed by atoms with Gasteiger partial charge in [0.1, 0.15) is 5.82 Å². The second-order valence-corrected chi connectivity index (χ2v) is 5.79. The van der Waals surface area contributed by atoms with Crippen LogP contribution in [0.25, 0.3) is 0 Å². The van der Waals surface area contributed by atoms with Crippen LogP contribution in [0.15, 0.2) is 18.2 Å². The van der Waals surface area contributed by atoms with Crippen molar-refractivity contribution in [1.29, 1.82) is 0 Å². The van der Waals surface area contributed by atoms with Crippen LogP contribution in [-0.2, 0) is 6.42 Å². The van der Waals surface area contributed by atoms with Crippen LogP contribution >= 0.6 is 0 Å². The zero-order chi connectivity index (χ0) is 12.8. The van der Waals surface area contributed by atoms with E-state index in [2.05, 4.69) is 11.8 Å². The molecule has 1 aliphatic carbocycles. The van der Waals surface area contributed by atoms with Gasteiger partial charge in [-0.15, -0.1) is 0 Å². The Balaban J connectivity index is 1.85. The molecular weight excluding hydrogens is 227 g/mol. The molecule has 0 aromatic heterocycles. The molecule has 18 heavy (non-hydrogen) atoms. The Morgan fingerprint density at radius 3 is 2.78 bits per heavy atom. The molecule has 98 valence electrons. The van der Waals surface area contributed by atoms with Crippen LogP contribution in [-0.4, -0.2) is 24.5 Å². The molecule has 0 bridgehead atoms. The van der Waals surface area contributed by atoms with Crippen LogP contribution in [0.5, 0.6) is 0 Å². The smallest absolute Gasteiger partial charge is 0.123 e. The van der Waals surface area contributed by atoms with Gasteiger partial charge in [-0.1, -0.05) is 13.0 Å². The normalized spacial score (nSPS) is 26.5. The van der Waals surface area contributed by atoms with Gasteiger partial charge in [-0.2, -0.15) is 0 Å². The third kappa shape index (κ3) is 1.77. The van der Waals surface area contributed by atoms with Gasteiger partial charge in [0.05, 0.1) is 0 Å². The Morgan fingerprint density at radius 1 is 1.39 bits per heavy atom. The lowest BCUT2D eigenvalue weighted by molar-refractivity contribution is 0.0930. The lowest BCUT2D eigenvalue weighted by Gasteiger charge is -2.42. The van der Waals surface area contributed by atoms with E-state index in [1.54, 1.807) is 12.1 Å². The van der Waals surface area contributed by atoms with E-state index in [4.69, 9.17) is 5.73 Å². The van der Waals surface area contributed by atoms with Crippen molar-refractivity contribution in [3.05, 3.63) is 35.1 Å². The van der Waals surface area contributed by atoms with E-state index in [1.807, 2.05) is 6.07 Å². The second kappa shape index (κ2) is 4.32. The first-order chi connectivity index (χ1) is 8.64. The molecule has 0 radical (unpaired) electrons. The van der Waals surface area contributed by atoms with Crippen LogP contribution in [0.3, 0.4) is 0 Å². The van der Waals surface area contributed by atoms with Gasteiger partial charge in [0.2, 0.25) is 0 Å². The zero-order valence-corrected chi connectivity index (χ0v) is 11.0. The molecule has 2 nitrogen and oxygen atoms in total. The van der Waals surface area contributed by atoms with Crippen molar-refractivity contribution < 1.29 is 4.39 Å². The Hall–Kier alpha value is -0.930. The number of fused-ring (bicyclic) bond motifs is 1. The number of nitrogens with two attached hydrogens (primary N) is 1. The largest absolute Gasteiger partial charge is 0.323 e. The molecule has 1 aromatic carbocycles. The highest BCUT2D eigenvalue weighted by Gasteiger charge is 2.45. The molecule has 1 saturated heterocycles. The van der Waals surface area contributed by atoms with Crippen molar-refractivity contribution in [1.82, 2.24) is 4.90 Å². The average Bonchev–Trinajstić information content (AvgIpc) is 2.63. The van der Waals surface area contributed by atoms with Gasteiger partial charge in [-0.05, 0) is 67.6 Å². The highest BCUT2D eigenvalue weighted by Crippen LogP contribution is 2.50. The minimum atomic E-state index is -0.135. The van der Waals surface area contributed by atoms with Gasteiger partial charge < -0.3 is 10.6 Å². The molecular formula is C15H21FN2. The van der Waals surface area contributed by atoms with Crippen LogP contribution < -0.4 is 5.73 Å². The molecule has 1 heterocycles. The van der Waals surface area contributed by atoms with Gasteiger partial charge in [0.15, 0.2) is 0 Å². The minimum absolute atomic E-state index is 0.0899. The molecule has 1 aliphatic heterocycles. The van der Waals surface area contributed by atoms with Gasteiger partial charge in [0.25, 0.3) is 0 Å². The number of hydrogen-bond acceptors (Lipinski definition) is 2. The maximum Gasteiger partial charge on any atom is 0.123 e. The van der Waals surface area contributed by atoms with Crippen molar-refractivity contribution in [2.75, 3.05) is 19.6 Å². The van der Waals surface area contributed by atoms with Crippen molar-refractivity contribution in [2.24, 2.45) is 11.1 Å². The summed E-state index contributed by atoms with van der Waals surface area (Å²) in [5.41, 5.74) is 8.93. The summed E-state index contributed by atoms with van der Waals surface area (Å²) in [6.07, 6.45) is 3.23. The summed E-state index contributed by atoms with van der Waals surface area (Å²) in [5.74, 6) is -0.135. The summed E-state index contributed by atoms with van der Waals surface area (Å²) in [6.45, 7) is 5.57. The Bertz CT molecular complexity index is 450. The van der Waals surface area contributed by atoms with Crippen LogP contribution in [0.1, 0.15) is 36.9 Å².